The molecule has 2 heteroatoms. The maximum atomic E-state index is 5.80. The minimum Gasteiger partial charge on any atom is -0.489 e. The van der Waals surface area contributed by atoms with Gasteiger partial charge in [0.05, 0.1) is 11.8 Å². The first kappa shape index (κ1) is 9.90. The Balaban J connectivity index is 2.77. The molecule has 1 aromatic rings. The lowest BCUT2D eigenvalue weighted by atomic mass is 10.2. The summed E-state index contributed by atoms with van der Waals surface area (Å²) in [7, 11) is 0. The van der Waals surface area contributed by atoms with Crippen molar-refractivity contribution in [2.24, 2.45) is 0 Å². The molecule has 0 aliphatic carbocycles. The highest BCUT2D eigenvalue weighted by Gasteiger charge is 2.04. The number of nitrogen functional groups attached to an aromatic ring is 1. The summed E-state index contributed by atoms with van der Waals surface area (Å²) in [5, 5.41) is 0. The summed E-state index contributed by atoms with van der Waals surface area (Å²) >= 11 is 0. The van der Waals surface area contributed by atoms with E-state index in [1.807, 2.05) is 32.0 Å². The molecular weight excluding hydrogens is 162 g/mol. The summed E-state index contributed by atoms with van der Waals surface area (Å²) < 4.78 is 5.62. The molecule has 0 saturated heterocycles. The molecule has 0 aliphatic heterocycles. The van der Waals surface area contributed by atoms with Gasteiger partial charge in [0.1, 0.15) is 5.75 Å². The molecule has 2 nitrogen and oxygen atoms in total. The highest BCUT2D eigenvalue weighted by atomic mass is 16.5. The smallest absolute Gasteiger partial charge is 0.142 e. The highest BCUT2D eigenvalue weighted by Crippen LogP contribution is 2.23. The van der Waals surface area contributed by atoms with Crippen LogP contribution in [0, 0.1) is 6.92 Å². The Bertz CT molecular complexity index is 283. The lowest BCUT2D eigenvalue weighted by Crippen LogP contribution is -2.10. The minimum absolute atomic E-state index is 0.227. The maximum Gasteiger partial charge on any atom is 0.142 e. The molecule has 1 aromatic carbocycles. The molecule has 1 rings (SSSR count). The summed E-state index contributed by atoms with van der Waals surface area (Å²) in [4.78, 5) is 0. The second-order valence-electron chi connectivity index (χ2n) is 3.38. The van der Waals surface area contributed by atoms with Crippen molar-refractivity contribution in [3.63, 3.8) is 0 Å². The first-order valence-corrected chi connectivity index (χ1v) is 4.66. The lowest BCUT2D eigenvalue weighted by molar-refractivity contribution is 0.218. The summed E-state index contributed by atoms with van der Waals surface area (Å²) in [6.45, 7) is 6.15. The van der Waals surface area contributed by atoms with Crippen LogP contribution in [0.1, 0.15) is 25.8 Å². The zero-order chi connectivity index (χ0) is 9.84. The van der Waals surface area contributed by atoms with Gasteiger partial charge in [0, 0.05) is 0 Å². The van der Waals surface area contributed by atoms with Crippen LogP contribution in [-0.2, 0) is 0 Å². The van der Waals surface area contributed by atoms with Crippen molar-refractivity contribution in [2.75, 3.05) is 5.73 Å². The van der Waals surface area contributed by atoms with Gasteiger partial charge in [-0.05, 0) is 38.0 Å². The quantitative estimate of drug-likeness (QED) is 0.724. The standard InChI is InChI=1S/C11H17NO/c1-4-9(3)13-11-6-5-8(2)7-10(11)12/h5-7,9H,4,12H2,1-3H3/t9-/m0/s1. The normalized spacial score (nSPS) is 12.5. The first-order valence-electron chi connectivity index (χ1n) is 4.66. The Hall–Kier alpha value is -1.18. The molecular formula is C11H17NO. The largest absolute Gasteiger partial charge is 0.489 e. The van der Waals surface area contributed by atoms with E-state index in [0.29, 0.717) is 0 Å². The molecule has 1 atom stereocenters. The molecule has 0 saturated carbocycles. The highest BCUT2D eigenvalue weighted by molar-refractivity contribution is 5.54. The molecule has 0 amide bonds. The van der Waals surface area contributed by atoms with Crippen molar-refractivity contribution in [2.45, 2.75) is 33.3 Å². The monoisotopic (exact) mass is 179 g/mol. The van der Waals surface area contributed by atoms with Crippen LogP contribution in [0.25, 0.3) is 0 Å². The summed E-state index contributed by atoms with van der Waals surface area (Å²) in [5.41, 5.74) is 7.68. The number of aryl methyl sites for hydroxylation is 1. The Morgan fingerprint density at radius 1 is 1.46 bits per heavy atom. The molecule has 0 radical (unpaired) electrons. The van der Waals surface area contributed by atoms with Gasteiger partial charge in [-0.1, -0.05) is 13.0 Å². The van der Waals surface area contributed by atoms with E-state index >= 15 is 0 Å². The summed E-state index contributed by atoms with van der Waals surface area (Å²) in [6.07, 6.45) is 1.22. The van der Waals surface area contributed by atoms with E-state index in [2.05, 4.69) is 6.92 Å². The fourth-order valence-electron chi connectivity index (χ4n) is 1.08. The molecule has 2 N–H and O–H groups in total. The average molecular weight is 179 g/mol. The van der Waals surface area contributed by atoms with Gasteiger partial charge in [0.2, 0.25) is 0 Å². The Labute approximate surface area is 79.7 Å². The molecule has 13 heavy (non-hydrogen) atoms. The Morgan fingerprint density at radius 3 is 2.69 bits per heavy atom. The van der Waals surface area contributed by atoms with Crippen molar-refractivity contribution in [3.8, 4) is 5.75 Å². The van der Waals surface area contributed by atoms with Crippen molar-refractivity contribution in [1.82, 2.24) is 0 Å². The third-order valence-electron chi connectivity index (χ3n) is 2.07. The Morgan fingerprint density at radius 2 is 2.15 bits per heavy atom. The number of benzene rings is 1. The molecule has 0 aromatic heterocycles. The van der Waals surface area contributed by atoms with Crippen LogP contribution in [0.4, 0.5) is 5.69 Å². The van der Waals surface area contributed by atoms with E-state index in [4.69, 9.17) is 10.5 Å². The number of rotatable bonds is 3. The number of hydrogen-bond acceptors (Lipinski definition) is 2. The molecule has 72 valence electrons. The van der Waals surface area contributed by atoms with Crippen LogP contribution in [0.5, 0.6) is 5.75 Å². The van der Waals surface area contributed by atoms with E-state index in [-0.39, 0.29) is 6.10 Å². The predicted molar refractivity (Wildman–Crippen MR) is 56.0 cm³/mol. The molecule has 0 spiro atoms. The molecule has 0 bridgehead atoms. The van der Waals surface area contributed by atoms with E-state index in [9.17, 15) is 0 Å². The minimum atomic E-state index is 0.227. The molecule has 0 aliphatic rings. The Kier molecular flexibility index (Phi) is 3.18. The predicted octanol–water partition coefficient (Wildman–Crippen LogP) is 2.75. The third-order valence-corrected chi connectivity index (χ3v) is 2.07. The first-order chi connectivity index (χ1) is 6.13. The van der Waals surface area contributed by atoms with E-state index in [1.54, 1.807) is 0 Å². The second kappa shape index (κ2) is 4.17. The van der Waals surface area contributed by atoms with Gasteiger partial charge in [0.25, 0.3) is 0 Å². The van der Waals surface area contributed by atoms with Gasteiger partial charge >= 0.3 is 0 Å². The van der Waals surface area contributed by atoms with Gasteiger partial charge in [-0.2, -0.15) is 0 Å². The zero-order valence-corrected chi connectivity index (χ0v) is 8.50. The number of hydrogen-bond donors (Lipinski definition) is 1. The van der Waals surface area contributed by atoms with Crippen LogP contribution < -0.4 is 10.5 Å². The van der Waals surface area contributed by atoms with Crippen molar-refractivity contribution in [1.29, 1.82) is 0 Å². The van der Waals surface area contributed by atoms with E-state index < -0.39 is 0 Å². The topological polar surface area (TPSA) is 35.2 Å². The van der Waals surface area contributed by atoms with Crippen molar-refractivity contribution < 1.29 is 4.74 Å². The van der Waals surface area contributed by atoms with Crippen LogP contribution in [0.15, 0.2) is 18.2 Å². The van der Waals surface area contributed by atoms with Gasteiger partial charge in [-0.15, -0.1) is 0 Å². The molecule has 0 heterocycles. The van der Waals surface area contributed by atoms with Gasteiger partial charge in [0.15, 0.2) is 0 Å². The average Bonchev–Trinajstić information content (AvgIpc) is 2.09. The van der Waals surface area contributed by atoms with E-state index in [0.717, 1.165) is 23.4 Å². The number of ether oxygens (including phenoxy) is 1. The SMILES string of the molecule is CC[C@H](C)Oc1ccc(C)cc1N. The van der Waals surface area contributed by atoms with Crippen LogP contribution in [0.2, 0.25) is 0 Å². The zero-order valence-electron chi connectivity index (χ0n) is 8.50. The fourth-order valence-corrected chi connectivity index (χ4v) is 1.08. The summed E-state index contributed by atoms with van der Waals surface area (Å²) in [5.74, 6) is 0.792. The summed E-state index contributed by atoms with van der Waals surface area (Å²) in [6, 6.07) is 5.86. The number of nitrogens with two attached hydrogens (primary N) is 1. The van der Waals surface area contributed by atoms with Crippen LogP contribution in [-0.4, -0.2) is 6.10 Å². The van der Waals surface area contributed by atoms with Crippen molar-refractivity contribution >= 4 is 5.69 Å². The van der Waals surface area contributed by atoms with Gasteiger partial charge < -0.3 is 10.5 Å². The lowest BCUT2D eigenvalue weighted by Gasteiger charge is -2.14. The molecule has 0 unspecified atom stereocenters. The third kappa shape index (κ3) is 2.65. The van der Waals surface area contributed by atoms with Gasteiger partial charge in [-0.3, -0.25) is 0 Å². The fraction of sp³-hybridized carbons (Fsp3) is 0.455. The van der Waals surface area contributed by atoms with E-state index in [1.165, 1.54) is 0 Å². The van der Waals surface area contributed by atoms with Crippen molar-refractivity contribution in [3.05, 3.63) is 23.8 Å². The van der Waals surface area contributed by atoms with Gasteiger partial charge in [-0.25, -0.2) is 0 Å². The van der Waals surface area contributed by atoms with Crippen LogP contribution >= 0.6 is 0 Å². The van der Waals surface area contributed by atoms with Crippen LogP contribution in [0.3, 0.4) is 0 Å². The second-order valence-corrected chi connectivity index (χ2v) is 3.38. The number of anilines is 1. The maximum absolute atomic E-state index is 5.80. The molecule has 0 fully saturated rings.